The molecule has 0 aliphatic heterocycles. The third-order valence-corrected chi connectivity index (χ3v) is 3.64. The quantitative estimate of drug-likeness (QED) is 0.746. The third kappa shape index (κ3) is 2.75. The zero-order valence-corrected chi connectivity index (χ0v) is 12.0. The van der Waals surface area contributed by atoms with Gasteiger partial charge in [0.15, 0.2) is 0 Å². The van der Waals surface area contributed by atoms with E-state index in [4.69, 9.17) is 11.6 Å². The van der Waals surface area contributed by atoms with E-state index in [0.717, 1.165) is 22.6 Å². The molecule has 0 bridgehead atoms. The minimum absolute atomic E-state index is 0.751. The van der Waals surface area contributed by atoms with Crippen LogP contribution in [0.25, 0.3) is 10.8 Å². The number of fused-ring (bicyclic) bond motifs is 1. The highest BCUT2D eigenvalue weighted by molar-refractivity contribution is 6.33. The molecule has 0 radical (unpaired) electrons. The summed E-state index contributed by atoms with van der Waals surface area (Å²) in [6.07, 6.45) is 3.70. The lowest BCUT2D eigenvalue weighted by atomic mass is 10.1. The molecule has 1 N–H and O–H groups in total. The molecule has 2 nitrogen and oxygen atoms in total. The SMILES string of the molecule is Cc1ccc(Cl)c(NCc2ccc3cnccc3c2)c1. The summed E-state index contributed by atoms with van der Waals surface area (Å²) < 4.78 is 0. The zero-order valence-electron chi connectivity index (χ0n) is 11.2. The Morgan fingerprint density at radius 3 is 2.85 bits per heavy atom. The van der Waals surface area contributed by atoms with Crippen molar-refractivity contribution in [1.82, 2.24) is 4.98 Å². The van der Waals surface area contributed by atoms with Gasteiger partial charge in [-0.15, -0.1) is 0 Å². The van der Waals surface area contributed by atoms with Gasteiger partial charge in [-0.05, 0) is 47.7 Å². The van der Waals surface area contributed by atoms with Crippen LogP contribution in [0.3, 0.4) is 0 Å². The number of rotatable bonds is 3. The maximum absolute atomic E-state index is 6.19. The van der Waals surface area contributed by atoms with Gasteiger partial charge in [0, 0.05) is 24.3 Å². The van der Waals surface area contributed by atoms with E-state index in [0.29, 0.717) is 0 Å². The second-order valence-electron chi connectivity index (χ2n) is 4.89. The number of pyridine rings is 1. The molecule has 100 valence electrons. The Balaban J connectivity index is 1.81. The first kappa shape index (κ1) is 12.9. The van der Waals surface area contributed by atoms with Crippen LogP contribution in [0.2, 0.25) is 5.02 Å². The molecule has 0 fully saturated rings. The second-order valence-corrected chi connectivity index (χ2v) is 5.30. The number of nitrogens with zero attached hydrogens (tertiary/aromatic N) is 1. The van der Waals surface area contributed by atoms with Crippen molar-refractivity contribution in [3.05, 3.63) is 71.0 Å². The fourth-order valence-corrected chi connectivity index (χ4v) is 2.40. The van der Waals surface area contributed by atoms with Crippen molar-refractivity contribution in [2.45, 2.75) is 13.5 Å². The topological polar surface area (TPSA) is 24.9 Å². The van der Waals surface area contributed by atoms with Gasteiger partial charge in [-0.1, -0.05) is 29.8 Å². The van der Waals surface area contributed by atoms with Crippen LogP contribution in [-0.2, 0) is 6.54 Å². The smallest absolute Gasteiger partial charge is 0.0637 e. The van der Waals surface area contributed by atoms with Crippen molar-refractivity contribution in [3.63, 3.8) is 0 Å². The molecule has 3 aromatic rings. The molecule has 0 spiro atoms. The molecule has 1 aromatic heterocycles. The standard InChI is InChI=1S/C17H15ClN2/c1-12-2-5-16(18)17(8-12)20-10-13-3-4-15-11-19-7-6-14(15)9-13/h2-9,11,20H,10H2,1H3. The van der Waals surface area contributed by atoms with Gasteiger partial charge in [0.25, 0.3) is 0 Å². The van der Waals surface area contributed by atoms with Gasteiger partial charge in [-0.2, -0.15) is 0 Å². The van der Waals surface area contributed by atoms with Crippen LogP contribution < -0.4 is 5.32 Å². The average molecular weight is 283 g/mol. The van der Waals surface area contributed by atoms with Crippen LogP contribution in [0.1, 0.15) is 11.1 Å². The van der Waals surface area contributed by atoms with Crippen LogP contribution in [0.4, 0.5) is 5.69 Å². The van der Waals surface area contributed by atoms with Crippen molar-refractivity contribution in [2.24, 2.45) is 0 Å². The highest BCUT2D eigenvalue weighted by Crippen LogP contribution is 2.23. The summed E-state index contributed by atoms with van der Waals surface area (Å²) in [4.78, 5) is 4.12. The highest BCUT2D eigenvalue weighted by atomic mass is 35.5. The first-order valence-electron chi connectivity index (χ1n) is 6.55. The van der Waals surface area contributed by atoms with Crippen LogP contribution in [0.15, 0.2) is 54.9 Å². The Morgan fingerprint density at radius 1 is 1.05 bits per heavy atom. The summed E-state index contributed by atoms with van der Waals surface area (Å²) in [5.74, 6) is 0. The van der Waals surface area contributed by atoms with E-state index in [1.165, 1.54) is 16.5 Å². The van der Waals surface area contributed by atoms with Crippen LogP contribution in [-0.4, -0.2) is 4.98 Å². The molecule has 0 aliphatic rings. The summed E-state index contributed by atoms with van der Waals surface area (Å²) in [7, 11) is 0. The molecule has 3 heteroatoms. The number of anilines is 1. The number of aromatic nitrogens is 1. The summed E-state index contributed by atoms with van der Waals surface area (Å²) in [6.45, 7) is 2.81. The van der Waals surface area contributed by atoms with E-state index in [1.807, 2.05) is 30.6 Å². The van der Waals surface area contributed by atoms with Gasteiger partial charge in [0.1, 0.15) is 0 Å². The normalized spacial score (nSPS) is 10.7. The Labute approximate surface area is 123 Å². The Bertz CT molecular complexity index is 753. The fraction of sp³-hybridized carbons (Fsp3) is 0.118. The first-order valence-corrected chi connectivity index (χ1v) is 6.93. The average Bonchev–Trinajstić information content (AvgIpc) is 2.48. The highest BCUT2D eigenvalue weighted by Gasteiger charge is 2.01. The maximum atomic E-state index is 6.19. The van der Waals surface area contributed by atoms with E-state index in [-0.39, 0.29) is 0 Å². The lowest BCUT2D eigenvalue weighted by Gasteiger charge is -2.10. The van der Waals surface area contributed by atoms with Crippen molar-refractivity contribution < 1.29 is 0 Å². The molecule has 0 saturated carbocycles. The second kappa shape index (κ2) is 5.51. The molecule has 0 atom stereocenters. The zero-order chi connectivity index (χ0) is 13.9. The molecule has 1 heterocycles. The van der Waals surface area contributed by atoms with Gasteiger partial charge < -0.3 is 5.32 Å². The van der Waals surface area contributed by atoms with E-state index < -0.39 is 0 Å². The van der Waals surface area contributed by atoms with Crippen molar-refractivity contribution in [2.75, 3.05) is 5.32 Å². The van der Waals surface area contributed by atoms with E-state index in [2.05, 4.69) is 41.5 Å². The third-order valence-electron chi connectivity index (χ3n) is 3.31. The van der Waals surface area contributed by atoms with Gasteiger partial charge in [-0.25, -0.2) is 0 Å². The maximum Gasteiger partial charge on any atom is 0.0637 e. The van der Waals surface area contributed by atoms with E-state index in [1.54, 1.807) is 0 Å². The largest absolute Gasteiger partial charge is 0.380 e. The summed E-state index contributed by atoms with van der Waals surface area (Å²) in [5.41, 5.74) is 3.39. The molecule has 0 amide bonds. The predicted octanol–water partition coefficient (Wildman–Crippen LogP) is 4.81. The molecular formula is C17H15ClN2. The number of hydrogen-bond donors (Lipinski definition) is 1. The monoisotopic (exact) mass is 282 g/mol. The molecule has 20 heavy (non-hydrogen) atoms. The fourth-order valence-electron chi connectivity index (χ4n) is 2.21. The lowest BCUT2D eigenvalue weighted by molar-refractivity contribution is 1.15. The summed E-state index contributed by atoms with van der Waals surface area (Å²) in [5, 5.41) is 6.50. The van der Waals surface area contributed by atoms with Crippen LogP contribution in [0, 0.1) is 6.92 Å². The Hall–Kier alpha value is -2.06. The predicted molar refractivity (Wildman–Crippen MR) is 85.3 cm³/mol. The number of hydrogen-bond acceptors (Lipinski definition) is 2. The van der Waals surface area contributed by atoms with Crippen molar-refractivity contribution >= 4 is 28.1 Å². The van der Waals surface area contributed by atoms with Gasteiger partial charge in [-0.3, -0.25) is 4.98 Å². The minimum Gasteiger partial charge on any atom is -0.380 e. The first-order chi connectivity index (χ1) is 9.72. The summed E-state index contributed by atoms with van der Waals surface area (Å²) in [6, 6.07) is 14.4. The number of nitrogens with one attached hydrogen (secondary N) is 1. The molecule has 0 unspecified atom stereocenters. The molecule has 0 saturated heterocycles. The number of benzene rings is 2. The lowest BCUT2D eigenvalue weighted by Crippen LogP contribution is -2.00. The summed E-state index contributed by atoms with van der Waals surface area (Å²) >= 11 is 6.19. The Morgan fingerprint density at radius 2 is 1.95 bits per heavy atom. The molecule has 3 rings (SSSR count). The van der Waals surface area contributed by atoms with Crippen molar-refractivity contribution in [3.8, 4) is 0 Å². The molecular weight excluding hydrogens is 268 g/mol. The number of halogens is 1. The molecule has 0 aliphatic carbocycles. The minimum atomic E-state index is 0.751. The van der Waals surface area contributed by atoms with Crippen LogP contribution in [0.5, 0.6) is 0 Å². The van der Waals surface area contributed by atoms with E-state index in [9.17, 15) is 0 Å². The van der Waals surface area contributed by atoms with Crippen LogP contribution >= 0.6 is 11.6 Å². The number of aryl methyl sites for hydroxylation is 1. The van der Waals surface area contributed by atoms with Gasteiger partial charge in [0.2, 0.25) is 0 Å². The Kier molecular flexibility index (Phi) is 3.57. The van der Waals surface area contributed by atoms with Crippen molar-refractivity contribution in [1.29, 1.82) is 0 Å². The van der Waals surface area contributed by atoms with E-state index >= 15 is 0 Å². The van der Waals surface area contributed by atoms with Gasteiger partial charge >= 0.3 is 0 Å². The molecule has 2 aromatic carbocycles. The van der Waals surface area contributed by atoms with Gasteiger partial charge in [0.05, 0.1) is 10.7 Å².